The minimum absolute atomic E-state index is 0.0776. The third-order valence-corrected chi connectivity index (χ3v) is 4.10. The first-order valence-electron chi connectivity index (χ1n) is 7.28. The lowest BCUT2D eigenvalue weighted by atomic mass is 9.76. The summed E-state index contributed by atoms with van der Waals surface area (Å²) in [7, 11) is 0. The molecule has 19 heavy (non-hydrogen) atoms. The van der Waals surface area contributed by atoms with Gasteiger partial charge in [0.15, 0.2) is 11.5 Å². The Morgan fingerprint density at radius 2 is 1.74 bits per heavy atom. The smallest absolute Gasteiger partial charge is 0.198 e. The zero-order valence-corrected chi connectivity index (χ0v) is 12.9. The Balaban J connectivity index is 2.15. The second-order valence-electron chi connectivity index (χ2n) is 7.70. The molecule has 0 amide bonds. The maximum absolute atomic E-state index is 12.2. The van der Waals surface area contributed by atoms with Crippen LogP contribution in [-0.2, 0) is 9.53 Å². The van der Waals surface area contributed by atoms with E-state index in [1.54, 1.807) is 0 Å². The summed E-state index contributed by atoms with van der Waals surface area (Å²) in [4.78, 5) is 12.2. The maximum Gasteiger partial charge on any atom is 0.198 e. The number of carbonyl (C=O) groups excluding carboxylic acids is 1. The lowest BCUT2D eigenvalue weighted by Gasteiger charge is -2.33. The lowest BCUT2D eigenvalue weighted by molar-refractivity contribution is -0.121. The molecular formula is C17H26O2. The van der Waals surface area contributed by atoms with Crippen LogP contribution in [0.25, 0.3) is 0 Å². The van der Waals surface area contributed by atoms with E-state index >= 15 is 0 Å². The maximum atomic E-state index is 12.2. The molecule has 0 spiro atoms. The van der Waals surface area contributed by atoms with E-state index in [1.165, 1.54) is 6.42 Å². The Hall–Kier alpha value is -1.05. The van der Waals surface area contributed by atoms with Gasteiger partial charge in [0.2, 0.25) is 0 Å². The number of allylic oxidation sites excluding steroid dienone is 4. The van der Waals surface area contributed by atoms with Crippen LogP contribution in [0.5, 0.6) is 0 Å². The number of hydrogen-bond donors (Lipinski definition) is 0. The first kappa shape index (κ1) is 14.4. The third-order valence-electron chi connectivity index (χ3n) is 4.10. The van der Waals surface area contributed by atoms with E-state index in [4.69, 9.17) is 4.74 Å². The second-order valence-corrected chi connectivity index (χ2v) is 7.70. The predicted molar refractivity (Wildman–Crippen MR) is 77.5 cm³/mol. The van der Waals surface area contributed by atoms with Crippen molar-refractivity contribution in [1.82, 2.24) is 0 Å². The van der Waals surface area contributed by atoms with Gasteiger partial charge >= 0.3 is 0 Å². The molecule has 2 heteroatoms. The van der Waals surface area contributed by atoms with Crippen LogP contribution >= 0.6 is 0 Å². The van der Waals surface area contributed by atoms with Crippen molar-refractivity contribution in [2.24, 2.45) is 10.8 Å². The van der Waals surface area contributed by atoms with Gasteiger partial charge in [0.1, 0.15) is 5.76 Å². The van der Waals surface area contributed by atoms with Crippen LogP contribution in [0.1, 0.15) is 66.7 Å². The van der Waals surface area contributed by atoms with Crippen LogP contribution in [0.2, 0.25) is 0 Å². The quantitative estimate of drug-likeness (QED) is 0.717. The number of Topliss-reactive ketones (excluding diaryl/α,β-unsaturated/α-hetero) is 1. The average Bonchev–Trinajstić information content (AvgIpc) is 2.20. The molecule has 0 aromatic rings. The highest BCUT2D eigenvalue weighted by molar-refractivity contribution is 5.95. The van der Waals surface area contributed by atoms with E-state index in [-0.39, 0.29) is 16.6 Å². The summed E-state index contributed by atoms with van der Waals surface area (Å²) >= 11 is 0. The van der Waals surface area contributed by atoms with Crippen LogP contribution in [-0.4, -0.2) is 5.78 Å². The molecule has 2 rings (SSSR count). The highest BCUT2D eigenvalue weighted by Crippen LogP contribution is 2.40. The molecule has 0 saturated carbocycles. The molecule has 0 N–H and O–H groups in total. The number of ether oxygens (including phenoxy) is 1. The van der Waals surface area contributed by atoms with Gasteiger partial charge < -0.3 is 4.74 Å². The van der Waals surface area contributed by atoms with Gasteiger partial charge in [-0.25, -0.2) is 0 Å². The average molecular weight is 262 g/mol. The fourth-order valence-corrected chi connectivity index (χ4v) is 3.22. The minimum Gasteiger partial charge on any atom is -0.458 e. The molecule has 0 radical (unpaired) electrons. The largest absolute Gasteiger partial charge is 0.458 e. The van der Waals surface area contributed by atoms with E-state index in [9.17, 15) is 4.79 Å². The molecule has 2 aliphatic carbocycles. The first-order valence-corrected chi connectivity index (χ1v) is 7.28. The summed E-state index contributed by atoms with van der Waals surface area (Å²) in [6.07, 6.45) is 6.87. The Labute approximate surface area is 116 Å². The van der Waals surface area contributed by atoms with Gasteiger partial charge in [0.05, 0.1) is 0 Å². The highest BCUT2D eigenvalue weighted by Gasteiger charge is 2.33. The summed E-state index contributed by atoms with van der Waals surface area (Å²) in [6.45, 7) is 10.8. The molecular weight excluding hydrogens is 236 g/mol. The number of ketones is 1. The molecule has 2 nitrogen and oxygen atoms in total. The van der Waals surface area contributed by atoms with Crippen molar-refractivity contribution in [3.8, 4) is 0 Å². The highest BCUT2D eigenvalue weighted by atomic mass is 16.5. The van der Waals surface area contributed by atoms with E-state index in [0.717, 1.165) is 30.6 Å². The summed E-state index contributed by atoms with van der Waals surface area (Å²) < 4.78 is 5.98. The molecule has 0 saturated heterocycles. The minimum atomic E-state index is 0.0776. The van der Waals surface area contributed by atoms with E-state index < -0.39 is 0 Å². The molecule has 0 heterocycles. The zero-order valence-electron chi connectivity index (χ0n) is 12.9. The molecule has 106 valence electrons. The van der Waals surface area contributed by atoms with Crippen LogP contribution in [0.15, 0.2) is 23.2 Å². The fourth-order valence-electron chi connectivity index (χ4n) is 3.22. The topological polar surface area (TPSA) is 26.3 Å². The van der Waals surface area contributed by atoms with Gasteiger partial charge in [-0.15, -0.1) is 0 Å². The Morgan fingerprint density at radius 1 is 1.05 bits per heavy atom. The molecule has 0 fully saturated rings. The van der Waals surface area contributed by atoms with Gasteiger partial charge in [-0.1, -0.05) is 27.7 Å². The molecule has 0 bridgehead atoms. The van der Waals surface area contributed by atoms with Crippen LogP contribution in [0.3, 0.4) is 0 Å². The second kappa shape index (κ2) is 4.81. The third kappa shape index (κ3) is 3.49. The number of hydrogen-bond acceptors (Lipinski definition) is 2. The van der Waals surface area contributed by atoms with Crippen molar-refractivity contribution < 1.29 is 9.53 Å². The molecule has 2 aliphatic rings. The van der Waals surface area contributed by atoms with Gasteiger partial charge in [-0.2, -0.15) is 0 Å². The van der Waals surface area contributed by atoms with Crippen molar-refractivity contribution >= 4 is 5.78 Å². The predicted octanol–water partition coefficient (Wildman–Crippen LogP) is 4.76. The summed E-state index contributed by atoms with van der Waals surface area (Å²) in [5, 5.41) is 0. The van der Waals surface area contributed by atoms with Crippen molar-refractivity contribution in [1.29, 1.82) is 0 Å². The Kier molecular flexibility index (Phi) is 3.63. The van der Waals surface area contributed by atoms with E-state index in [2.05, 4.69) is 33.8 Å². The monoisotopic (exact) mass is 262 g/mol. The Morgan fingerprint density at radius 3 is 2.32 bits per heavy atom. The summed E-state index contributed by atoms with van der Waals surface area (Å²) in [5.41, 5.74) is 1.47. The molecule has 0 aliphatic heterocycles. The Bertz CT molecular complexity index is 450. The summed E-state index contributed by atoms with van der Waals surface area (Å²) in [5.74, 6) is 1.76. The fraction of sp³-hybridized carbons (Fsp3) is 0.706. The molecule has 0 atom stereocenters. The van der Waals surface area contributed by atoms with Crippen molar-refractivity contribution in [3.63, 3.8) is 0 Å². The SMILES string of the molecule is CC1=C(OC2=CCCC(C)(C)C2)C(=O)CC(C)(C)C1. The van der Waals surface area contributed by atoms with Crippen LogP contribution < -0.4 is 0 Å². The lowest BCUT2D eigenvalue weighted by Crippen LogP contribution is -2.27. The molecule has 0 aromatic carbocycles. The van der Waals surface area contributed by atoms with E-state index in [0.29, 0.717) is 12.2 Å². The van der Waals surface area contributed by atoms with Gasteiger partial charge in [0, 0.05) is 12.8 Å². The van der Waals surface area contributed by atoms with Crippen LogP contribution in [0.4, 0.5) is 0 Å². The molecule has 0 aromatic heterocycles. The normalized spacial score (nSPS) is 26.2. The first-order chi connectivity index (χ1) is 8.69. The standard InChI is InChI=1S/C17H26O2/c1-12-9-17(4,5)11-14(18)15(12)19-13-7-6-8-16(2,3)10-13/h7H,6,8-11H2,1-5H3. The molecule has 0 unspecified atom stereocenters. The van der Waals surface area contributed by atoms with Gasteiger partial charge in [-0.3, -0.25) is 4.79 Å². The number of rotatable bonds is 2. The van der Waals surface area contributed by atoms with E-state index in [1.807, 2.05) is 6.92 Å². The van der Waals surface area contributed by atoms with Gasteiger partial charge in [0.25, 0.3) is 0 Å². The number of carbonyl (C=O) groups is 1. The van der Waals surface area contributed by atoms with Gasteiger partial charge in [-0.05, 0) is 48.7 Å². The van der Waals surface area contributed by atoms with Crippen molar-refractivity contribution in [2.45, 2.75) is 66.7 Å². The van der Waals surface area contributed by atoms with Crippen molar-refractivity contribution in [3.05, 3.63) is 23.2 Å². The van der Waals surface area contributed by atoms with Crippen LogP contribution in [0, 0.1) is 10.8 Å². The summed E-state index contributed by atoms with van der Waals surface area (Å²) in [6, 6.07) is 0. The zero-order chi connectivity index (χ0) is 14.3. The van der Waals surface area contributed by atoms with Crippen molar-refractivity contribution in [2.75, 3.05) is 0 Å².